The van der Waals surface area contributed by atoms with Gasteiger partial charge in [-0.2, -0.15) is 0 Å². The molecule has 10 nitrogen and oxygen atoms in total. The highest BCUT2D eigenvalue weighted by molar-refractivity contribution is 6.33. The molecule has 3 N–H and O–H groups in total. The molecule has 0 aliphatic carbocycles. The second kappa shape index (κ2) is 13.2. The lowest BCUT2D eigenvalue weighted by molar-refractivity contribution is -0.132. The number of para-hydroxylation sites is 1. The summed E-state index contributed by atoms with van der Waals surface area (Å²) in [6.45, 7) is 0.672. The third-order valence-electron chi connectivity index (χ3n) is 6.56. The number of carboxylic acid groups (broad SMARTS) is 1. The average molecular weight is 568 g/mol. The second-order valence-corrected chi connectivity index (χ2v) is 9.61. The number of aromatic carboxylic acids is 1. The Hall–Kier alpha value is -4.28. The van der Waals surface area contributed by atoms with Gasteiger partial charge in [0.1, 0.15) is 18.1 Å². The van der Waals surface area contributed by atoms with E-state index in [4.69, 9.17) is 30.9 Å². The summed E-state index contributed by atoms with van der Waals surface area (Å²) in [6.07, 6.45) is 0.606. The lowest BCUT2D eigenvalue weighted by Gasteiger charge is -2.25. The molecule has 210 valence electrons. The van der Waals surface area contributed by atoms with Crippen LogP contribution in [0.3, 0.4) is 0 Å². The maximum atomic E-state index is 13.3. The standard InChI is InChI=1S/C29H30ClN3O7/c1-38-22-15-20(17-40-21-10-8-19(9-11-21)28(35)36)33(16-22)27(34)14-18-7-12-25(26(13-18)39-2)32-29(37)31-24-6-4-3-5-23(24)30/h3-13,20,22H,14-17H2,1-2H3,(H,35,36)(H2,31,32,37)/t20-,22+/m0/s1. The quantitative estimate of drug-likeness (QED) is 0.317. The summed E-state index contributed by atoms with van der Waals surface area (Å²) >= 11 is 6.11. The van der Waals surface area contributed by atoms with Crippen molar-refractivity contribution in [1.29, 1.82) is 0 Å². The van der Waals surface area contributed by atoms with Crippen molar-refractivity contribution in [2.24, 2.45) is 0 Å². The second-order valence-electron chi connectivity index (χ2n) is 9.20. The predicted octanol–water partition coefficient (Wildman–Crippen LogP) is 4.93. The van der Waals surface area contributed by atoms with E-state index in [1.807, 2.05) is 0 Å². The fourth-order valence-corrected chi connectivity index (χ4v) is 4.64. The molecule has 3 amide bonds. The van der Waals surface area contributed by atoms with Crippen molar-refractivity contribution >= 4 is 40.9 Å². The van der Waals surface area contributed by atoms with Crippen molar-refractivity contribution < 1.29 is 33.7 Å². The molecule has 4 rings (SSSR count). The zero-order valence-corrected chi connectivity index (χ0v) is 22.8. The molecule has 1 saturated heterocycles. The summed E-state index contributed by atoms with van der Waals surface area (Å²) in [6, 6.07) is 17.5. The normalized spacial score (nSPS) is 16.3. The molecule has 0 radical (unpaired) electrons. The zero-order valence-electron chi connectivity index (χ0n) is 22.1. The number of urea groups is 1. The first-order chi connectivity index (χ1) is 19.3. The highest BCUT2D eigenvalue weighted by Crippen LogP contribution is 2.28. The summed E-state index contributed by atoms with van der Waals surface area (Å²) in [5, 5.41) is 14.9. The Balaban J connectivity index is 1.39. The summed E-state index contributed by atoms with van der Waals surface area (Å²) < 4.78 is 16.9. The maximum absolute atomic E-state index is 13.3. The molecule has 3 aromatic carbocycles. The molecule has 1 fully saturated rings. The number of carbonyl (C=O) groups excluding carboxylic acids is 2. The summed E-state index contributed by atoms with van der Waals surface area (Å²) in [5.74, 6) is -0.193. The molecule has 0 spiro atoms. The number of amides is 3. The third kappa shape index (κ3) is 7.22. The third-order valence-corrected chi connectivity index (χ3v) is 6.89. The molecule has 40 heavy (non-hydrogen) atoms. The van der Waals surface area contributed by atoms with Crippen molar-refractivity contribution in [3.8, 4) is 11.5 Å². The van der Waals surface area contributed by atoms with E-state index in [1.165, 1.54) is 19.2 Å². The molecular formula is C29H30ClN3O7. The van der Waals surface area contributed by atoms with Gasteiger partial charge in [0.05, 0.1) is 47.6 Å². The Morgan fingerprint density at radius 1 is 1.00 bits per heavy atom. The van der Waals surface area contributed by atoms with Gasteiger partial charge in [-0.05, 0) is 60.5 Å². The van der Waals surface area contributed by atoms with Crippen molar-refractivity contribution in [1.82, 2.24) is 4.90 Å². The van der Waals surface area contributed by atoms with E-state index in [-0.39, 0.29) is 36.6 Å². The van der Waals surface area contributed by atoms with Gasteiger partial charge in [0.2, 0.25) is 5.91 Å². The highest BCUT2D eigenvalue weighted by atomic mass is 35.5. The van der Waals surface area contributed by atoms with Crippen LogP contribution in [0.4, 0.5) is 16.2 Å². The van der Waals surface area contributed by atoms with Crippen LogP contribution in [0.5, 0.6) is 11.5 Å². The van der Waals surface area contributed by atoms with E-state index in [1.54, 1.807) is 66.6 Å². The molecule has 3 aromatic rings. The monoisotopic (exact) mass is 567 g/mol. The number of methoxy groups -OCH3 is 2. The minimum atomic E-state index is -1.01. The van der Waals surface area contributed by atoms with E-state index in [2.05, 4.69) is 10.6 Å². The maximum Gasteiger partial charge on any atom is 0.335 e. The molecular weight excluding hydrogens is 538 g/mol. The minimum Gasteiger partial charge on any atom is -0.495 e. The van der Waals surface area contributed by atoms with Gasteiger partial charge in [0, 0.05) is 13.7 Å². The van der Waals surface area contributed by atoms with Crippen molar-refractivity contribution in [2.75, 3.05) is 38.0 Å². The number of nitrogens with one attached hydrogen (secondary N) is 2. The Morgan fingerprint density at radius 3 is 2.40 bits per heavy atom. The molecule has 11 heteroatoms. The average Bonchev–Trinajstić information content (AvgIpc) is 3.38. The van der Waals surface area contributed by atoms with Crippen LogP contribution >= 0.6 is 11.6 Å². The van der Waals surface area contributed by atoms with E-state index in [0.717, 1.165) is 0 Å². The van der Waals surface area contributed by atoms with Gasteiger partial charge in [-0.15, -0.1) is 0 Å². The topological polar surface area (TPSA) is 126 Å². The highest BCUT2D eigenvalue weighted by Gasteiger charge is 2.35. The van der Waals surface area contributed by atoms with E-state index in [0.29, 0.717) is 46.4 Å². The zero-order chi connectivity index (χ0) is 28.6. The number of benzene rings is 3. The van der Waals surface area contributed by atoms with Gasteiger partial charge in [0.15, 0.2) is 0 Å². The molecule has 0 bridgehead atoms. The van der Waals surface area contributed by atoms with Crippen LogP contribution in [0.2, 0.25) is 5.02 Å². The molecule has 2 atom stereocenters. The van der Waals surface area contributed by atoms with Crippen LogP contribution in [-0.2, 0) is 16.0 Å². The van der Waals surface area contributed by atoms with Gasteiger partial charge in [-0.3, -0.25) is 4.79 Å². The number of carbonyl (C=O) groups is 3. The van der Waals surface area contributed by atoms with E-state index < -0.39 is 12.0 Å². The molecule has 0 saturated carbocycles. The fourth-order valence-electron chi connectivity index (χ4n) is 4.46. The number of anilines is 2. The summed E-state index contributed by atoms with van der Waals surface area (Å²) in [5.41, 5.74) is 1.79. The first-order valence-corrected chi connectivity index (χ1v) is 12.9. The molecule has 1 aliphatic heterocycles. The number of carboxylic acids is 1. The van der Waals surface area contributed by atoms with Crippen LogP contribution in [0.1, 0.15) is 22.3 Å². The number of rotatable bonds is 10. The lowest BCUT2D eigenvalue weighted by atomic mass is 10.1. The predicted molar refractivity (Wildman–Crippen MR) is 151 cm³/mol. The van der Waals surface area contributed by atoms with Gasteiger partial charge in [-0.1, -0.05) is 29.8 Å². The van der Waals surface area contributed by atoms with Crippen LogP contribution in [-0.4, -0.2) is 67.4 Å². The summed E-state index contributed by atoms with van der Waals surface area (Å²) in [4.78, 5) is 38.6. The molecule has 1 aliphatic rings. The van der Waals surface area contributed by atoms with Gasteiger partial charge < -0.3 is 34.9 Å². The number of hydrogen-bond acceptors (Lipinski definition) is 6. The van der Waals surface area contributed by atoms with Gasteiger partial charge in [0.25, 0.3) is 0 Å². The Labute approximate surface area is 236 Å². The van der Waals surface area contributed by atoms with Gasteiger partial charge in [-0.25, -0.2) is 9.59 Å². The molecule has 0 unspecified atom stereocenters. The molecule has 0 aromatic heterocycles. The number of halogens is 1. The first kappa shape index (κ1) is 28.7. The SMILES string of the molecule is COc1cc(CC(=O)N2C[C@H](OC)C[C@H]2COc2ccc(C(=O)O)cc2)ccc1NC(=O)Nc1ccccc1Cl. The Bertz CT molecular complexity index is 1370. The van der Waals surface area contributed by atoms with Crippen LogP contribution in [0.25, 0.3) is 0 Å². The number of ether oxygens (including phenoxy) is 3. The van der Waals surface area contributed by atoms with Gasteiger partial charge >= 0.3 is 12.0 Å². The lowest BCUT2D eigenvalue weighted by Crippen LogP contribution is -2.40. The first-order valence-electron chi connectivity index (χ1n) is 12.5. The van der Waals surface area contributed by atoms with E-state index >= 15 is 0 Å². The van der Waals surface area contributed by atoms with Crippen LogP contribution < -0.4 is 20.1 Å². The van der Waals surface area contributed by atoms with Crippen molar-refractivity contribution in [3.63, 3.8) is 0 Å². The summed E-state index contributed by atoms with van der Waals surface area (Å²) in [7, 11) is 3.10. The number of likely N-dealkylation sites (tertiary alicyclic amines) is 1. The van der Waals surface area contributed by atoms with E-state index in [9.17, 15) is 14.4 Å². The van der Waals surface area contributed by atoms with Crippen molar-refractivity contribution in [3.05, 3.63) is 82.9 Å². The molecule has 1 heterocycles. The largest absolute Gasteiger partial charge is 0.495 e. The Morgan fingerprint density at radius 2 is 1.73 bits per heavy atom. The fraction of sp³-hybridized carbons (Fsp3) is 0.276. The van der Waals surface area contributed by atoms with Crippen LogP contribution in [0.15, 0.2) is 66.7 Å². The number of nitrogens with zero attached hydrogens (tertiary/aromatic N) is 1. The smallest absolute Gasteiger partial charge is 0.335 e. The van der Waals surface area contributed by atoms with Crippen LogP contribution in [0, 0.1) is 0 Å². The number of hydrogen-bond donors (Lipinski definition) is 3. The Kier molecular flexibility index (Phi) is 9.47. The minimum absolute atomic E-state index is 0.103. The van der Waals surface area contributed by atoms with Crippen molar-refractivity contribution in [2.45, 2.75) is 25.0 Å².